The summed E-state index contributed by atoms with van der Waals surface area (Å²) in [4.78, 5) is 21.0. The van der Waals surface area contributed by atoms with Crippen molar-refractivity contribution in [3.63, 3.8) is 0 Å². The van der Waals surface area contributed by atoms with E-state index in [1.54, 1.807) is 0 Å². The molecule has 3 N–H and O–H groups in total. The van der Waals surface area contributed by atoms with Gasteiger partial charge in [-0.25, -0.2) is 4.98 Å². The molecule has 0 atom stereocenters. The van der Waals surface area contributed by atoms with Crippen LogP contribution in [0, 0.1) is 0 Å². The maximum absolute atomic E-state index is 11.8. The Kier molecular flexibility index (Phi) is 4.42. The van der Waals surface area contributed by atoms with Gasteiger partial charge in [-0.3, -0.25) is 4.79 Å². The van der Waals surface area contributed by atoms with Crippen molar-refractivity contribution >= 4 is 28.2 Å². The normalized spacial score (nSPS) is 16.8. The largest absolute Gasteiger partial charge is 0.371 e. The minimum atomic E-state index is -0.198. The smallest absolute Gasteiger partial charge is 0.258 e. The lowest BCUT2D eigenvalue weighted by molar-refractivity contribution is 0.331. The molecule has 0 radical (unpaired) electrons. The second-order valence-corrected chi connectivity index (χ2v) is 7.52. The number of piperidine rings is 1. The molecule has 0 saturated carbocycles. The van der Waals surface area contributed by atoms with E-state index < -0.39 is 0 Å². The summed E-state index contributed by atoms with van der Waals surface area (Å²) in [5.74, 6) is 0. The van der Waals surface area contributed by atoms with Crippen LogP contribution in [0.4, 0.5) is 5.69 Å². The number of nitrogens with zero attached hydrogens (tertiary/aromatic N) is 2. The van der Waals surface area contributed by atoms with Crippen LogP contribution in [0.1, 0.15) is 18.4 Å². The fourth-order valence-electron chi connectivity index (χ4n) is 3.65. The molecule has 3 aromatic rings. The molecule has 26 heavy (non-hydrogen) atoms. The molecule has 1 aromatic heterocycles. The van der Waals surface area contributed by atoms with E-state index in [9.17, 15) is 4.79 Å². The summed E-state index contributed by atoms with van der Waals surface area (Å²) in [6.45, 7) is 1.78. The van der Waals surface area contributed by atoms with Gasteiger partial charge in [-0.15, -0.1) is 0 Å². The highest BCUT2D eigenvalue weighted by Crippen LogP contribution is 2.28. The molecule has 1 aliphatic rings. The van der Waals surface area contributed by atoms with E-state index in [1.165, 1.54) is 11.9 Å². The van der Waals surface area contributed by atoms with Crippen LogP contribution in [-0.4, -0.2) is 28.6 Å². The quantitative estimate of drug-likeness (QED) is 0.744. The van der Waals surface area contributed by atoms with Gasteiger partial charge in [-0.1, -0.05) is 23.7 Å². The number of H-pyrrole nitrogens is 1. The van der Waals surface area contributed by atoms with E-state index in [2.05, 4.69) is 27.0 Å². The molecular weight excluding hydrogens is 348 g/mol. The van der Waals surface area contributed by atoms with Crippen molar-refractivity contribution in [1.82, 2.24) is 9.97 Å². The summed E-state index contributed by atoms with van der Waals surface area (Å²) in [5.41, 5.74) is 9.39. The van der Waals surface area contributed by atoms with Crippen molar-refractivity contribution in [3.8, 4) is 0 Å². The first-order valence-electron chi connectivity index (χ1n) is 8.78. The number of aromatic amines is 1. The third-order valence-electron chi connectivity index (χ3n) is 5.22. The predicted molar refractivity (Wildman–Crippen MR) is 106 cm³/mol. The molecule has 4 rings (SSSR count). The fourth-order valence-corrected chi connectivity index (χ4v) is 3.78. The van der Waals surface area contributed by atoms with E-state index in [1.807, 2.05) is 30.3 Å². The molecule has 5 nitrogen and oxygen atoms in total. The van der Waals surface area contributed by atoms with Crippen LogP contribution in [0.15, 0.2) is 53.6 Å². The van der Waals surface area contributed by atoms with Gasteiger partial charge in [0, 0.05) is 29.3 Å². The van der Waals surface area contributed by atoms with Crippen molar-refractivity contribution in [2.75, 3.05) is 18.0 Å². The number of aromatic nitrogens is 2. The Hall–Kier alpha value is -2.37. The molecule has 0 aliphatic carbocycles. The van der Waals surface area contributed by atoms with Gasteiger partial charge < -0.3 is 15.6 Å². The lowest BCUT2D eigenvalue weighted by Crippen LogP contribution is -2.51. The Bertz CT molecular complexity index is 975. The van der Waals surface area contributed by atoms with Gasteiger partial charge in [0.2, 0.25) is 0 Å². The van der Waals surface area contributed by atoms with Crippen LogP contribution in [-0.2, 0) is 6.42 Å². The molecule has 0 unspecified atom stereocenters. The standard InChI is InChI=1S/C20H21ClN4O/c21-15-3-1-14(2-4-15)12-20(22)7-9-25(10-8-20)16-5-6-17-18(11-16)23-13-24-19(17)26/h1-6,11,13H,7-10,12,22H2,(H,23,24,26). The SMILES string of the molecule is NC1(Cc2ccc(Cl)cc2)CCN(c2ccc3c(=O)[nH]cnc3c2)CC1. The van der Waals surface area contributed by atoms with E-state index in [4.69, 9.17) is 17.3 Å². The lowest BCUT2D eigenvalue weighted by Gasteiger charge is -2.40. The topological polar surface area (TPSA) is 75.0 Å². The fraction of sp³-hybridized carbons (Fsp3) is 0.300. The maximum Gasteiger partial charge on any atom is 0.258 e. The number of halogens is 1. The number of hydrogen-bond acceptors (Lipinski definition) is 4. The summed E-state index contributed by atoms with van der Waals surface area (Å²) < 4.78 is 0. The first kappa shape index (κ1) is 17.1. The molecule has 0 bridgehead atoms. The Labute approximate surface area is 156 Å². The number of benzene rings is 2. The molecule has 1 saturated heterocycles. The van der Waals surface area contributed by atoms with Gasteiger partial charge >= 0.3 is 0 Å². The number of nitrogens with two attached hydrogens (primary N) is 1. The van der Waals surface area contributed by atoms with Crippen LogP contribution in [0.3, 0.4) is 0 Å². The summed E-state index contributed by atoms with van der Waals surface area (Å²) in [7, 11) is 0. The third-order valence-corrected chi connectivity index (χ3v) is 5.47. The van der Waals surface area contributed by atoms with E-state index >= 15 is 0 Å². The van der Waals surface area contributed by atoms with Crippen LogP contribution < -0.4 is 16.2 Å². The minimum Gasteiger partial charge on any atom is -0.371 e. The molecule has 2 aromatic carbocycles. The van der Waals surface area contributed by atoms with Crippen LogP contribution >= 0.6 is 11.6 Å². The third kappa shape index (κ3) is 3.45. The second-order valence-electron chi connectivity index (χ2n) is 7.09. The predicted octanol–water partition coefficient (Wildman–Crippen LogP) is 3.12. The molecular formula is C20H21ClN4O. The van der Waals surface area contributed by atoms with E-state index in [-0.39, 0.29) is 11.1 Å². The zero-order valence-corrected chi connectivity index (χ0v) is 15.2. The van der Waals surface area contributed by atoms with Gasteiger partial charge in [0.15, 0.2) is 0 Å². The summed E-state index contributed by atoms with van der Waals surface area (Å²) in [6, 6.07) is 13.7. The van der Waals surface area contributed by atoms with Crippen molar-refractivity contribution in [3.05, 3.63) is 69.7 Å². The average molecular weight is 369 g/mol. The zero-order chi connectivity index (χ0) is 18.1. The minimum absolute atomic E-state index is 0.107. The van der Waals surface area contributed by atoms with Gasteiger partial charge in [0.25, 0.3) is 5.56 Å². The highest BCUT2D eigenvalue weighted by molar-refractivity contribution is 6.30. The molecule has 0 amide bonds. The van der Waals surface area contributed by atoms with E-state index in [0.717, 1.165) is 48.6 Å². The number of anilines is 1. The van der Waals surface area contributed by atoms with Crippen molar-refractivity contribution in [1.29, 1.82) is 0 Å². The monoisotopic (exact) mass is 368 g/mol. The maximum atomic E-state index is 11.8. The summed E-state index contributed by atoms with van der Waals surface area (Å²) in [5, 5.41) is 1.36. The molecule has 1 fully saturated rings. The van der Waals surface area contributed by atoms with Gasteiger partial charge in [0.1, 0.15) is 0 Å². The summed E-state index contributed by atoms with van der Waals surface area (Å²) in [6.07, 6.45) is 4.13. The average Bonchev–Trinajstić information content (AvgIpc) is 2.64. The van der Waals surface area contributed by atoms with Crippen molar-refractivity contribution in [2.24, 2.45) is 5.73 Å². The van der Waals surface area contributed by atoms with Gasteiger partial charge in [-0.05, 0) is 55.2 Å². The number of rotatable bonds is 3. The highest BCUT2D eigenvalue weighted by atomic mass is 35.5. The number of hydrogen-bond donors (Lipinski definition) is 2. The number of nitrogens with one attached hydrogen (secondary N) is 1. The van der Waals surface area contributed by atoms with Crippen molar-refractivity contribution < 1.29 is 0 Å². The van der Waals surface area contributed by atoms with Crippen LogP contribution in [0.25, 0.3) is 10.9 Å². The zero-order valence-electron chi connectivity index (χ0n) is 14.4. The Balaban J connectivity index is 1.47. The molecule has 2 heterocycles. The number of fused-ring (bicyclic) bond motifs is 1. The lowest BCUT2D eigenvalue weighted by atomic mass is 9.82. The van der Waals surface area contributed by atoms with Gasteiger partial charge in [0.05, 0.1) is 17.2 Å². The van der Waals surface area contributed by atoms with Crippen LogP contribution in [0.5, 0.6) is 0 Å². The molecule has 134 valence electrons. The first-order valence-corrected chi connectivity index (χ1v) is 9.16. The Morgan fingerprint density at radius 3 is 2.62 bits per heavy atom. The summed E-state index contributed by atoms with van der Waals surface area (Å²) >= 11 is 5.96. The Morgan fingerprint density at radius 1 is 1.15 bits per heavy atom. The van der Waals surface area contributed by atoms with Crippen LogP contribution in [0.2, 0.25) is 5.02 Å². The molecule has 0 spiro atoms. The van der Waals surface area contributed by atoms with Crippen molar-refractivity contribution in [2.45, 2.75) is 24.8 Å². The Morgan fingerprint density at radius 2 is 1.88 bits per heavy atom. The highest BCUT2D eigenvalue weighted by Gasteiger charge is 2.31. The second kappa shape index (κ2) is 6.74. The van der Waals surface area contributed by atoms with E-state index in [0.29, 0.717) is 5.39 Å². The molecule has 6 heteroatoms. The molecule has 1 aliphatic heterocycles. The first-order chi connectivity index (χ1) is 12.5. The van der Waals surface area contributed by atoms with Gasteiger partial charge in [-0.2, -0.15) is 0 Å².